The number of nitrogens with one attached hydrogen (secondary N) is 1. The van der Waals surface area contributed by atoms with Gasteiger partial charge in [-0.1, -0.05) is 6.07 Å². The molecule has 7 nitrogen and oxygen atoms in total. The second-order valence-electron chi connectivity index (χ2n) is 4.46. The van der Waals surface area contributed by atoms with Gasteiger partial charge in [-0.05, 0) is 23.6 Å². The molecule has 0 spiro atoms. The van der Waals surface area contributed by atoms with Crippen LogP contribution in [0.2, 0.25) is 0 Å². The van der Waals surface area contributed by atoms with Crippen molar-refractivity contribution >= 4 is 32.6 Å². The Balaban J connectivity index is 2.36. The van der Waals surface area contributed by atoms with Crippen LogP contribution in [0, 0.1) is 5.82 Å². The molecule has 0 unspecified atom stereocenters. The van der Waals surface area contributed by atoms with Crippen LogP contribution < -0.4 is 13.8 Å². The summed E-state index contributed by atoms with van der Waals surface area (Å²) in [4.78, 5) is 11.6. The van der Waals surface area contributed by atoms with Crippen molar-refractivity contribution in [3.63, 3.8) is 0 Å². The average molecular weight is 328 g/mol. The lowest BCUT2D eigenvalue weighted by molar-refractivity contribution is -0.117. The van der Waals surface area contributed by atoms with Gasteiger partial charge in [-0.15, -0.1) is 0 Å². The summed E-state index contributed by atoms with van der Waals surface area (Å²) >= 11 is 0. The number of nitrogens with zero attached hydrogens (tertiary/aromatic N) is 1. The van der Waals surface area contributed by atoms with Gasteiger partial charge in [0.1, 0.15) is 23.7 Å². The SMILES string of the molecule is [2H]C1([2H])C(=O)NS(=O)(=O)N1c1c(O)cc2ccc(OC)cc2c1F. The van der Waals surface area contributed by atoms with Crippen LogP contribution in [0.4, 0.5) is 10.1 Å². The lowest BCUT2D eigenvalue weighted by atomic mass is 10.1. The van der Waals surface area contributed by atoms with Crippen LogP contribution in [-0.4, -0.2) is 33.0 Å². The summed E-state index contributed by atoms with van der Waals surface area (Å²) in [7, 11) is -3.35. The number of anilines is 1. The number of amides is 1. The number of aromatic hydroxyl groups is 1. The molecule has 9 heteroatoms. The van der Waals surface area contributed by atoms with Crippen LogP contribution in [-0.2, 0) is 15.0 Å². The molecule has 0 radical (unpaired) electrons. The molecule has 1 saturated heterocycles. The number of phenolic OH excluding ortho intramolecular Hbond substituents is 1. The number of methoxy groups -OCH3 is 1. The van der Waals surface area contributed by atoms with E-state index in [2.05, 4.69) is 0 Å². The van der Waals surface area contributed by atoms with Crippen LogP contribution >= 0.6 is 0 Å². The molecule has 1 fully saturated rings. The molecule has 116 valence electrons. The van der Waals surface area contributed by atoms with E-state index in [1.165, 1.54) is 30.0 Å². The van der Waals surface area contributed by atoms with Crippen molar-refractivity contribution in [2.75, 3.05) is 17.9 Å². The van der Waals surface area contributed by atoms with Gasteiger partial charge in [-0.3, -0.25) is 4.79 Å². The third-order valence-corrected chi connectivity index (χ3v) is 4.31. The number of hydrogen-bond acceptors (Lipinski definition) is 5. The van der Waals surface area contributed by atoms with Gasteiger partial charge in [-0.25, -0.2) is 13.4 Å². The number of carbonyl (C=O) groups is 1. The third kappa shape index (κ3) is 2.10. The summed E-state index contributed by atoms with van der Waals surface area (Å²) in [6.07, 6.45) is 0. The number of halogens is 1. The minimum absolute atomic E-state index is 0.104. The quantitative estimate of drug-likeness (QED) is 0.853. The lowest BCUT2D eigenvalue weighted by Gasteiger charge is -2.18. The number of fused-ring (bicyclic) bond motifs is 1. The fraction of sp³-hybridized carbons (Fsp3) is 0.154. The zero-order valence-corrected chi connectivity index (χ0v) is 11.9. The molecular formula is C13H11FN2O5S. The predicted octanol–water partition coefficient (Wildman–Crippen LogP) is 0.874. The molecule has 2 aromatic carbocycles. The van der Waals surface area contributed by atoms with Gasteiger partial charge >= 0.3 is 10.2 Å². The second-order valence-corrected chi connectivity index (χ2v) is 5.98. The Morgan fingerprint density at radius 2 is 2.18 bits per heavy atom. The molecule has 2 N–H and O–H groups in total. The van der Waals surface area contributed by atoms with Gasteiger partial charge in [0, 0.05) is 5.39 Å². The molecule has 0 saturated carbocycles. The molecule has 0 bridgehead atoms. The maximum atomic E-state index is 14.9. The van der Waals surface area contributed by atoms with Gasteiger partial charge in [0.2, 0.25) is 0 Å². The van der Waals surface area contributed by atoms with Crippen molar-refractivity contribution in [3.05, 3.63) is 30.1 Å². The molecular weight excluding hydrogens is 315 g/mol. The van der Waals surface area contributed by atoms with Crippen molar-refractivity contribution in [1.82, 2.24) is 4.72 Å². The molecule has 22 heavy (non-hydrogen) atoms. The van der Waals surface area contributed by atoms with E-state index >= 15 is 0 Å². The van der Waals surface area contributed by atoms with E-state index in [0.717, 1.165) is 6.07 Å². The highest BCUT2D eigenvalue weighted by molar-refractivity contribution is 7.92. The van der Waals surface area contributed by atoms with Crippen LogP contribution in [0.25, 0.3) is 10.8 Å². The number of phenols is 1. The van der Waals surface area contributed by atoms with E-state index in [4.69, 9.17) is 7.48 Å². The molecule has 1 amide bonds. The van der Waals surface area contributed by atoms with E-state index in [-0.39, 0.29) is 20.8 Å². The van der Waals surface area contributed by atoms with E-state index in [0.29, 0.717) is 0 Å². The Bertz CT molecular complexity index is 980. The summed E-state index contributed by atoms with van der Waals surface area (Å²) in [5, 5.41) is 10.2. The highest BCUT2D eigenvalue weighted by atomic mass is 32.2. The van der Waals surface area contributed by atoms with Crippen molar-refractivity contribution in [3.8, 4) is 11.5 Å². The molecule has 0 aromatic heterocycles. The van der Waals surface area contributed by atoms with E-state index in [1.54, 1.807) is 0 Å². The Morgan fingerprint density at radius 1 is 1.45 bits per heavy atom. The Kier molecular flexibility index (Phi) is 2.59. The largest absolute Gasteiger partial charge is 0.506 e. The number of ether oxygens (including phenoxy) is 1. The first-order valence-electron chi connectivity index (χ1n) is 6.96. The van der Waals surface area contributed by atoms with Crippen molar-refractivity contribution in [2.24, 2.45) is 0 Å². The Hall–Kier alpha value is -2.55. The van der Waals surface area contributed by atoms with E-state index in [1.807, 2.05) is 0 Å². The fourth-order valence-corrected chi connectivity index (χ4v) is 3.13. The molecule has 0 atom stereocenters. The number of benzene rings is 2. The first-order chi connectivity index (χ1) is 11.1. The fourth-order valence-electron chi connectivity index (χ4n) is 2.14. The van der Waals surface area contributed by atoms with E-state index < -0.39 is 39.9 Å². The normalized spacial score (nSPS) is 20.5. The van der Waals surface area contributed by atoms with Gasteiger partial charge in [0.25, 0.3) is 5.91 Å². The van der Waals surface area contributed by atoms with Gasteiger partial charge in [-0.2, -0.15) is 8.42 Å². The first-order valence-corrected chi connectivity index (χ1v) is 7.40. The highest BCUT2D eigenvalue weighted by Gasteiger charge is 2.37. The monoisotopic (exact) mass is 328 g/mol. The Morgan fingerprint density at radius 3 is 2.77 bits per heavy atom. The molecule has 2 aromatic rings. The van der Waals surface area contributed by atoms with Crippen LogP contribution in [0.3, 0.4) is 0 Å². The zero-order valence-electron chi connectivity index (χ0n) is 13.1. The first kappa shape index (κ1) is 12.0. The van der Waals surface area contributed by atoms with Gasteiger partial charge in [0.05, 0.1) is 9.85 Å². The highest BCUT2D eigenvalue weighted by Crippen LogP contribution is 2.39. The molecule has 3 rings (SSSR count). The lowest BCUT2D eigenvalue weighted by Crippen LogP contribution is -2.30. The van der Waals surface area contributed by atoms with Crippen molar-refractivity contribution in [2.45, 2.75) is 0 Å². The third-order valence-electron chi connectivity index (χ3n) is 3.11. The van der Waals surface area contributed by atoms with Crippen molar-refractivity contribution in [1.29, 1.82) is 0 Å². The summed E-state index contributed by atoms with van der Waals surface area (Å²) in [6, 6.07) is 5.29. The van der Waals surface area contributed by atoms with Crippen LogP contribution in [0.1, 0.15) is 2.74 Å². The van der Waals surface area contributed by atoms with Crippen molar-refractivity contribution < 1.29 is 30.2 Å². The predicted molar refractivity (Wildman–Crippen MR) is 76.5 cm³/mol. The summed E-state index contributed by atoms with van der Waals surface area (Å²) in [5.74, 6) is -3.23. The maximum Gasteiger partial charge on any atom is 0.326 e. The number of hydrogen-bond donors (Lipinski definition) is 2. The van der Waals surface area contributed by atoms with Gasteiger partial charge < -0.3 is 9.84 Å². The molecule has 1 aliphatic rings. The minimum Gasteiger partial charge on any atom is -0.506 e. The smallest absolute Gasteiger partial charge is 0.326 e. The molecule has 0 aliphatic carbocycles. The van der Waals surface area contributed by atoms with Gasteiger partial charge in [0.15, 0.2) is 5.82 Å². The number of rotatable bonds is 2. The summed E-state index contributed by atoms with van der Waals surface area (Å²) in [6.45, 7) is -3.09. The number of carbonyl (C=O) groups excluding carboxylic acids is 1. The van der Waals surface area contributed by atoms with Crippen LogP contribution in [0.5, 0.6) is 11.5 Å². The standard InChI is InChI=1S/C13H11FN2O5S/c1-21-8-3-2-7-4-10(17)13(12(14)9(7)5-8)16-6-11(18)15-22(16,19)20/h2-5,17H,6H2,1H3,(H,15,18)/i6D2. The summed E-state index contributed by atoms with van der Waals surface area (Å²) < 4.78 is 60.4. The van der Waals surface area contributed by atoms with Crippen LogP contribution in [0.15, 0.2) is 24.3 Å². The average Bonchev–Trinajstić information content (AvgIpc) is 2.65. The molecule has 1 heterocycles. The zero-order chi connectivity index (χ0) is 17.9. The Labute approximate surface area is 127 Å². The summed E-state index contributed by atoms with van der Waals surface area (Å²) in [5.41, 5.74) is -0.959. The molecule has 1 aliphatic heterocycles. The van der Waals surface area contributed by atoms with E-state index in [9.17, 15) is 22.7 Å². The minimum atomic E-state index is -4.70. The maximum absolute atomic E-state index is 14.9. The topological polar surface area (TPSA) is 95.9 Å². The second kappa shape index (κ2) is 4.73.